The maximum atomic E-state index is 12.9. The van der Waals surface area contributed by atoms with E-state index in [1.54, 1.807) is 0 Å². The number of aliphatic hydroxyl groups excluding tert-OH is 1. The Hall–Kier alpha value is -2.61. The van der Waals surface area contributed by atoms with Crippen LogP contribution < -0.4 is 0 Å². The number of phenols is 1. The summed E-state index contributed by atoms with van der Waals surface area (Å²) in [4.78, 5) is 23.2. The van der Waals surface area contributed by atoms with Gasteiger partial charge in [-0.15, -0.1) is 0 Å². The van der Waals surface area contributed by atoms with E-state index in [1.165, 1.54) is 0 Å². The minimum atomic E-state index is -4.64. The van der Waals surface area contributed by atoms with E-state index in [0.29, 0.717) is 6.07 Å². The number of carbonyl (C=O) groups excluding carboxylic acids is 2. The fourth-order valence-electron chi connectivity index (χ4n) is 2.69. The van der Waals surface area contributed by atoms with Crippen LogP contribution in [0.1, 0.15) is 31.8 Å². The Morgan fingerprint density at radius 3 is 2.57 bits per heavy atom. The number of ether oxygens (including phenoxy) is 1. The number of carbonyl (C=O) groups is 2. The Balaban J connectivity index is 2.44. The summed E-state index contributed by atoms with van der Waals surface area (Å²) in [7, 11) is 0. The van der Waals surface area contributed by atoms with Crippen molar-refractivity contribution in [3.8, 4) is 5.75 Å². The predicted molar refractivity (Wildman–Crippen MR) is 71.1 cm³/mol. The van der Waals surface area contributed by atoms with E-state index in [2.05, 4.69) is 4.74 Å². The van der Waals surface area contributed by atoms with Crippen molar-refractivity contribution < 1.29 is 37.7 Å². The van der Waals surface area contributed by atoms with Crippen LogP contribution in [0.15, 0.2) is 18.2 Å². The molecule has 0 spiro atoms. The average Bonchev–Trinajstić information content (AvgIpc) is 2.45. The lowest BCUT2D eigenvalue weighted by Gasteiger charge is -2.24. The van der Waals surface area contributed by atoms with Crippen molar-refractivity contribution in [1.82, 2.24) is 0 Å². The van der Waals surface area contributed by atoms with Gasteiger partial charge in [0.15, 0.2) is 6.29 Å². The number of cyclic esters (lactones) is 1. The van der Waals surface area contributed by atoms with Crippen molar-refractivity contribution in [2.45, 2.75) is 18.9 Å². The molecule has 5 nitrogen and oxygen atoms in total. The zero-order valence-electron chi connectivity index (χ0n) is 11.3. The van der Waals surface area contributed by atoms with Gasteiger partial charge in [-0.25, -0.2) is 4.79 Å². The molecule has 1 unspecified atom stereocenters. The molecule has 0 fully saturated rings. The molecule has 0 amide bonds. The Morgan fingerprint density at radius 2 is 1.96 bits per heavy atom. The van der Waals surface area contributed by atoms with Crippen LogP contribution in [-0.2, 0) is 17.3 Å². The highest BCUT2D eigenvalue weighted by Gasteiger charge is 2.35. The molecule has 1 heterocycles. The minimum Gasteiger partial charge on any atom is -0.507 e. The summed E-state index contributed by atoms with van der Waals surface area (Å²) in [5.41, 5.74) is -1.54. The van der Waals surface area contributed by atoms with Gasteiger partial charge in [0.25, 0.3) is 0 Å². The molecule has 0 saturated heterocycles. The largest absolute Gasteiger partial charge is 0.507 e. The SMILES string of the molecule is O=Cc1c2c(c3cc(C(F)(F)F)ccc3c1O)C(=O)OC(O)C2. The number of benzene rings is 2. The molecule has 0 bridgehead atoms. The number of hydrogen-bond acceptors (Lipinski definition) is 5. The second kappa shape index (κ2) is 4.95. The van der Waals surface area contributed by atoms with Crippen LogP contribution in [-0.4, -0.2) is 28.8 Å². The first-order valence-corrected chi connectivity index (χ1v) is 6.47. The molecule has 1 atom stereocenters. The van der Waals surface area contributed by atoms with Crippen LogP contribution in [0, 0.1) is 0 Å². The van der Waals surface area contributed by atoms with Gasteiger partial charge >= 0.3 is 12.1 Å². The summed E-state index contributed by atoms with van der Waals surface area (Å²) >= 11 is 0. The smallest absolute Gasteiger partial charge is 0.416 e. The Labute approximate surface area is 126 Å². The number of phenolic OH excluding ortho intramolecular Hbond substituents is 1. The fraction of sp³-hybridized carbons (Fsp3) is 0.200. The maximum absolute atomic E-state index is 12.9. The highest BCUT2D eigenvalue weighted by atomic mass is 19.4. The first-order valence-electron chi connectivity index (χ1n) is 6.47. The molecule has 1 aliphatic rings. The number of aliphatic hydroxyl groups is 1. The predicted octanol–water partition coefficient (Wildman–Crippen LogP) is 2.41. The standard InChI is InChI=1S/C15H9F3O5/c16-15(17,18)6-1-2-7-8(3-6)12-9(10(5-19)13(7)21)4-11(20)23-14(12)22/h1-3,5,11,20-21H,4H2. The third kappa shape index (κ3) is 2.31. The lowest BCUT2D eigenvalue weighted by atomic mass is 9.89. The summed E-state index contributed by atoms with van der Waals surface area (Å²) in [6.45, 7) is 0. The number of fused-ring (bicyclic) bond motifs is 3. The van der Waals surface area contributed by atoms with Gasteiger partial charge in [0.1, 0.15) is 5.75 Å². The molecular weight excluding hydrogens is 317 g/mol. The summed E-state index contributed by atoms with van der Waals surface area (Å²) in [6.07, 6.45) is -6.18. The number of rotatable bonds is 1. The number of aromatic hydroxyl groups is 1. The van der Waals surface area contributed by atoms with E-state index in [-0.39, 0.29) is 40.2 Å². The molecule has 2 aromatic rings. The Kier molecular flexibility index (Phi) is 3.29. The van der Waals surface area contributed by atoms with Gasteiger partial charge in [0, 0.05) is 17.2 Å². The maximum Gasteiger partial charge on any atom is 0.416 e. The molecule has 2 N–H and O–H groups in total. The molecule has 0 radical (unpaired) electrons. The van der Waals surface area contributed by atoms with Gasteiger partial charge in [-0.3, -0.25) is 4.79 Å². The first kappa shape index (κ1) is 15.3. The second-order valence-corrected chi connectivity index (χ2v) is 5.06. The minimum absolute atomic E-state index is 0.0342. The van der Waals surface area contributed by atoms with Crippen LogP contribution >= 0.6 is 0 Å². The Morgan fingerprint density at radius 1 is 1.26 bits per heavy atom. The molecule has 0 saturated carbocycles. The lowest BCUT2D eigenvalue weighted by Crippen LogP contribution is -2.28. The second-order valence-electron chi connectivity index (χ2n) is 5.06. The van der Waals surface area contributed by atoms with E-state index < -0.39 is 29.7 Å². The topological polar surface area (TPSA) is 83.8 Å². The van der Waals surface area contributed by atoms with Crippen molar-refractivity contribution >= 4 is 23.0 Å². The molecule has 8 heteroatoms. The van der Waals surface area contributed by atoms with Gasteiger partial charge in [-0.1, -0.05) is 6.07 Å². The normalized spacial score (nSPS) is 17.7. The highest BCUT2D eigenvalue weighted by Crippen LogP contribution is 2.40. The van der Waals surface area contributed by atoms with E-state index in [0.717, 1.165) is 12.1 Å². The van der Waals surface area contributed by atoms with Crippen LogP contribution in [0.2, 0.25) is 0 Å². The quantitative estimate of drug-likeness (QED) is 0.621. The first-order chi connectivity index (χ1) is 10.7. The summed E-state index contributed by atoms with van der Waals surface area (Å²) in [5, 5.41) is 19.3. The number of aldehydes is 1. The fourth-order valence-corrected chi connectivity index (χ4v) is 2.69. The number of hydrogen-bond donors (Lipinski definition) is 2. The van der Waals surface area contributed by atoms with Gasteiger partial charge in [0.05, 0.1) is 16.7 Å². The van der Waals surface area contributed by atoms with E-state index in [9.17, 15) is 33.0 Å². The summed E-state index contributed by atoms with van der Waals surface area (Å²) in [6, 6.07) is 2.44. The van der Waals surface area contributed by atoms with Crippen molar-refractivity contribution in [3.05, 3.63) is 40.5 Å². The molecule has 0 aliphatic carbocycles. The van der Waals surface area contributed by atoms with E-state index in [4.69, 9.17) is 0 Å². The Bertz CT molecular complexity index is 841. The average molecular weight is 326 g/mol. The molecule has 1 aliphatic heterocycles. The van der Waals surface area contributed by atoms with Crippen molar-refractivity contribution in [2.75, 3.05) is 0 Å². The molecule has 0 aromatic heterocycles. The van der Waals surface area contributed by atoms with Crippen molar-refractivity contribution in [2.24, 2.45) is 0 Å². The van der Waals surface area contributed by atoms with Crippen LogP contribution in [0.5, 0.6) is 5.75 Å². The zero-order chi connectivity index (χ0) is 16.9. The number of halogens is 3. The number of esters is 1. The molecule has 2 aromatic carbocycles. The monoisotopic (exact) mass is 326 g/mol. The zero-order valence-corrected chi connectivity index (χ0v) is 11.3. The van der Waals surface area contributed by atoms with E-state index in [1.807, 2.05) is 0 Å². The van der Waals surface area contributed by atoms with Crippen LogP contribution in [0.4, 0.5) is 13.2 Å². The van der Waals surface area contributed by atoms with E-state index >= 15 is 0 Å². The molecule has 120 valence electrons. The summed E-state index contributed by atoms with van der Waals surface area (Å²) < 4.78 is 43.3. The van der Waals surface area contributed by atoms with Crippen LogP contribution in [0.3, 0.4) is 0 Å². The van der Waals surface area contributed by atoms with Crippen molar-refractivity contribution in [3.63, 3.8) is 0 Å². The van der Waals surface area contributed by atoms with Crippen LogP contribution in [0.25, 0.3) is 10.8 Å². The van der Waals surface area contributed by atoms with Gasteiger partial charge in [-0.2, -0.15) is 13.2 Å². The molecule has 3 rings (SSSR count). The van der Waals surface area contributed by atoms with Gasteiger partial charge in [-0.05, 0) is 17.7 Å². The lowest BCUT2D eigenvalue weighted by molar-refractivity contribution is -0.137. The molecule has 23 heavy (non-hydrogen) atoms. The highest BCUT2D eigenvalue weighted by molar-refractivity contribution is 6.12. The summed E-state index contributed by atoms with van der Waals surface area (Å²) in [5.74, 6) is -1.59. The molecular formula is C15H9F3O5. The third-order valence-corrected chi connectivity index (χ3v) is 3.70. The van der Waals surface area contributed by atoms with Gasteiger partial charge in [0.2, 0.25) is 6.29 Å². The number of alkyl halides is 3. The van der Waals surface area contributed by atoms with Crippen molar-refractivity contribution in [1.29, 1.82) is 0 Å². The third-order valence-electron chi connectivity index (χ3n) is 3.70. The van der Waals surface area contributed by atoms with Gasteiger partial charge < -0.3 is 14.9 Å².